The standard InChI is InChI=1S/C10H12O2/c1-10(2,3)8-6-7-4-5-11-9(7)12-8/h4-6H,1-3H3. The molecule has 2 heteroatoms. The molecule has 0 saturated heterocycles. The van der Waals surface area contributed by atoms with Crippen LogP contribution in [0.4, 0.5) is 0 Å². The molecule has 0 aliphatic carbocycles. The molecule has 2 rings (SSSR count). The van der Waals surface area contributed by atoms with Gasteiger partial charge in [-0.1, -0.05) is 20.8 Å². The van der Waals surface area contributed by atoms with Crippen molar-refractivity contribution in [2.75, 3.05) is 0 Å². The van der Waals surface area contributed by atoms with E-state index in [0.29, 0.717) is 5.78 Å². The minimum absolute atomic E-state index is 0.0571. The summed E-state index contributed by atoms with van der Waals surface area (Å²) >= 11 is 0. The summed E-state index contributed by atoms with van der Waals surface area (Å²) in [6.07, 6.45) is 1.64. The first-order valence-electron chi connectivity index (χ1n) is 4.05. The second kappa shape index (κ2) is 2.16. The molecular formula is C10H12O2. The van der Waals surface area contributed by atoms with Crippen LogP contribution in [0.25, 0.3) is 11.2 Å². The SMILES string of the molecule is CC(C)(C)c1cc2ccoc2o1. The predicted molar refractivity (Wildman–Crippen MR) is 47.2 cm³/mol. The summed E-state index contributed by atoms with van der Waals surface area (Å²) in [7, 11) is 0. The van der Waals surface area contributed by atoms with Crippen LogP contribution in [0.15, 0.2) is 27.2 Å². The van der Waals surface area contributed by atoms with Gasteiger partial charge in [-0.3, -0.25) is 0 Å². The molecule has 2 aromatic heterocycles. The topological polar surface area (TPSA) is 26.3 Å². The van der Waals surface area contributed by atoms with E-state index in [4.69, 9.17) is 8.83 Å². The Balaban J connectivity index is 2.59. The van der Waals surface area contributed by atoms with E-state index in [0.717, 1.165) is 11.1 Å². The zero-order valence-electron chi connectivity index (χ0n) is 7.55. The fourth-order valence-electron chi connectivity index (χ4n) is 1.14. The van der Waals surface area contributed by atoms with Crippen molar-refractivity contribution in [1.29, 1.82) is 0 Å². The molecule has 2 aromatic rings. The fourth-order valence-corrected chi connectivity index (χ4v) is 1.14. The average Bonchev–Trinajstić information content (AvgIpc) is 2.37. The highest BCUT2D eigenvalue weighted by Gasteiger charge is 2.19. The summed E-state index contributed by atoms with van der Waals surface area (Å²) in [5.41, 5.74) is 0.0571. The Morgan fingerprint density at radius 1 is 1.25 bits per heavy atom. The Bertz CT molecular complexity index is 359. The second-order valence-electron chi connectivity index (χ2n) is 4.02. The zero-order valence-corrected chi connectivity index (χ0v) is 7.55. The van der Waals surface area contributed by atoms with Crippen LogP contribution >= 0.6 is 0 Å². The summed E-state index contributed by atoms with van der Waals surface area (Å²) in [6, 6.07) is 3.94. The normalized spacial score (nSPS) is 12.6. The third-order valence-electron chi connectivity index (χ3n) is 1.89. The van der Waals surface area contributed by atoms with E-state index in [1.807, 2.05) is 12.1 Å². The molecule has 0 spiro atoms. The van der Waals surface area contributed by atoms with E-state index in [1.165, 1.54) is 0 Å². The van der Waals surface area contributed by atoms with Crippen molar-refractivity contribution in [2.24, 2.45) is 0 Å². The van der Waals surface area contributed by atoms with Gasteiger partial charge in [0.2, 0.25) is 0 Å². The van der Waals surface area contributed by atoms with E-state index in [-0.39, 0.29) is 5.41 Å². The fraction of sp³-hybridized carbons (Fsp3) is 0.400. The Morgan fingerprint density at radius 3 is 2.58 bits per heavy atom. The van der Waals surface area contributed by atoms with Crippen molar-refractivity contribution in [3.05, 3.63) is 24.2 Å². The Labute approximate surface area is 71.2 Å². The van der Waals surface area contributed by atoms with Crippen LogP contribution in [-0.2, 0) is 5.41 Å². The van der Waals surface area contributed by atoms with Gasteiger partial charge in [0, 0.05) is 5.41 Å². The molecule has 2 nitrogen and oxygen atoms in total. The smallest absolute Gasteiger partial charge is 0.297 e. The largest absolute Gasteiger partial charge is 0.433 e. The van der Waals surface area contributed by atoms with E-state index >= 15 is 0 Å². The van der Waals surface area contributed by atoms with Gasteiger partial charge in [-0.25, -0.2) is 0 Å². The lowest BCUT2D eigenvalue weighted by atomic mass is 9.93. The van der Waals surface area contributed by atoms with Gasteiger partial charge in [-0.05, 0) is 12.1 Å². The van der Waals surface area contributed by atoms with E-state index in [9.17, 15) is 0 Å². The summed E-state index contributed by atoms with van der Waals surface area (Å²) in [5, 5.41) is 1.04. The molecule has 0 atom stereocenters. The van der Waals surface area contributed by atoms with Crippen LogP contribution in [0.2, 0.25) is 0 Å². The summed E-state index contributed by atoms with van der Waals surface area (Å²) in [6.45, 7) is 6.35. The molecule has 0 unspecified atom stereocenters. The molecular weight excluding hydrogens is 152 g/mol. The highest BCUT2D eigenvalue weighted by Crippen LogP contribution is 2.29. The zero-order chi connectivity index (χ0) is 8.77. The maximum Gasteiger partial charge on any atom is 0.297 e. The second-order valence-corrected chi connectivity index (χ2v) is 4.02. The number of hydrogen-bond acceptors (Lipinski definition) is 2. The Kier molecular flexibility index (Phi) is 1.34. The van der Waals surface area contributed by atoms with Gasteiger partial charge in [-0.2, -0.15) is 0 Å². The van der Waals surface area contributed by atoms with Gasteiger partial charge in [0.25, 0.3) is 5.78 Å². The van der Waals surface area contributed by atoms with Gasteiger partial charge in [-0.15, -0.1) is 0 Å². The van der Waals surface area contributed by atoms with Crippen molar-refractivity contribution >= 4 is 11.2 Å². The molecule has 0 amide bonds. The van der Waals surface area contributed by atoms with Crippen molar-refractivity contribution in [3.63, 3.8) is 0 Å². The van der Waals surface area contributed by atoms with Crippen LogP contribution in [0.5, 0.6) is 0 Å². The summed E-state index contributed by atoms with van der Waals surface area (Å²) < 4.78 is 10.6. The first-order chi connectivity index (χ1) is 5.57. The molecule has 0 N–H and O–H groups in total. The highest BCUT2D eigenvalue weighted by atomic mass is 16.5. The molecule has 0 radical (unpaired) electrons. The molecule has 12 heavy (non-hydrogen) atoms. The third-order valence-corrected chi connectivity index (χ3v) is 1.89. The minimum Gasteiger partial charge on any atom is -0.433 e. The number of hydrogen-bond donors (Lipinski definition) is 0. The van der Waals surface area contributed by atoms with Crippen LogP contribution in [0.3, 0.4) is 0 Å². The van der Waals surface area contributed by atoms with Gasteiger partial charge in [0.15, 0.2) is 0 Å². The lowest BCUT2D eigenvalue weighted by Crippen LogP contribution is -2.08. The predicted octanol–water partition coefficient (Wildman–Crippen LogP) is 3.32. The lowest BCUT2D eigenvalue weighted by molar-refractivity contribution is 0.389. The summed E-state index contributed by atoms with van der Waals surface area (Å²) in [5.74, 6) is 1.59. The maximum absolute atomic E-state index is 5.51. The molecule has 0 saturated carbocycles. The number of furan rings is 2. The quantitative estimate of drug-likeness (QED) is 0.597. The monoisotopic (exact) mass is 164 g/mol. The van der Waals surface area contributed by atoms with Crippen LogP contribution in [0.1, 0.15) is 26.5 Å². The minimum atomic E-state index is 0.0571. The Hall–Kier alpha value is -1.18. The van der Waals surface area contributed by atoms with E-state index < -0.39 is 0 Å². The Morgan fingerprint density at radius 2 is 2.00 bits per heavy atom. The first kappa shape index (κ1) is 7.47. The molecule has 0 aromatic carbocycles. The number of rotatable bonds is 0. The highest BCUT2D eigenvalue weighted by molar-refractivity contribution is 5.72. The van der Waals surface area contributed by atoms with Crippen LogP contribution in [-0.4, -0.2) is 0 Å². The van der Waals surface area contributed by atoms with Crippen LogP contribution < -0.4 is 0 Å². The first-order valence-corrected chi connectivity index (χ1v) is 4.05. The average molecular weight is 164 g/mol. The van der Waals surface area contributed by atoms with E-state index in [1.54, 1.807) is 6.26 Å². The molecule has 2 heterocycles. The van der Waals surface area contributed by atoms with Crippen molar-refractivity contribution in [1.82, 2.24) is 0 Å². The molecule has 0 bridgehead atoms. The summed E-state index contributed by atoms with van der Waals surface area (Å²) in [4.78, 5) is 0. The van der Waals surface area contributed by atoms with Crippen molar-refractivity contribution < 1.29 is 8.83 Å². The van der Waals surface area contributed by atoms with Crippen LogP contribution in [0, 0.1) is 0 Å². The molecule has 64 valence electrons. The van der Waals surface area contributed by atoms with E-state index in [2.05, 4.69) is 20.8 Å². The molecule has 0 aliphatic heterocycles. The number of fused-ring (bicyclic) bond motifs is 1. The van der Waals surface area contributed by atoms with Gasteiger partial charge < -0.3 is 8.83 Å². The molecule has 0 aliphatic rings. The maximum atomic E-state index is 5.51. The van der Waals surface area contributed by atoms with Crippen molar-refractivity contribution in [2.45, 2.75) is 26.2 Å². The van der Waals surface area contributed by atoms with Gasteiger partial charge in [0.05, 0.1) is 11.6 Å². The van der Waals surface area contributed by atoms with Gasteiger partial charge >= 0.3 is 0 Å². The van der Waals surface area contributed by atoms with Gasteiger partial charge in [0.1, 0.15) is 5.76 Å². The third kappa shape index (κ3) is 1.04. The molecule has 0 fully saturated rings. The van der Waals surface area contributed by atoms with Crippen molar-refractivity contribution in [3.8, 4) is 0 Å². The lowest BCUT2D eigenvalue weighted by Gasteiger charge is -2.13.